The number of carbonyl (C=O) groups is 1. The van der Waals surface area contributed by atoms with Crippen molar-refractivity contribution in [3.63, 3.8) is 0 Å². The van der Waals surface area contributed by atoms with Gasteiger partial charge in [0.15, 0.2) is 0 Å². The predicted molar refractivity (Wildman–Crippen MR) is 96.9 cm³/mol. The van der Waals surface area contributed by atoms with Crippen LogP contribution in [0.25, 0.3) is 0 Å². The number of carboxylic acids is 1. The Labute approximate surface area is 150 Å². The van der Waals surface area contributed by atoms with Crippen LogP contribution >= 0.6 is 15.9 Å². The van der Waals surface area contributed by atoms with Gasteiger partial charge < -0.3 is 5.11 Å². The lowest BCUT2D eigenvalue weighted by atomic mass is 9.93. The van der Waals surface area contributed by atoms with E-state index in [9.17, 15) is 9.90 Å². The van der Waals surface area contributed by atoms with E-state index in [0.29, 0.717) is 12.8 Å². The van der Waals surface area contributed by atoms with Crippen LogP contribution in [0, 0.1) is 12.8 Å². The first-order chi connectivity index (χ1) is 11.5. The van der Waals surface area contributed by atoms with Crippen LogP contribution in [0.2, 0.25) is 0 Å². The van der Waals surface area contributed by atoms with Crippen molar-refractivity contribution in [1.29, 1.82) is 0 Å². The molecular formula is C19H21BrN2O2. The van der Waals surface area contributed by atoms with Crippen LogP contribution in [0.3, 0.4) is 0 Å². The second-order valence-electron chi connectivity index (χ2n) is 6.31. The number of halogens is 1. The molecule has 0 aliphatic carbocycles. The number of pyridine rings is 1. The van der Waals surface area contributed by atoms with E-state index in [2.05, 4.69) is 39.0 Å². The lowest BCUT2D eigenvalue weighted by Crippen LogP contribution is -2.39. The molecule has 1 unspecified atom stereocenters. The van der Waals surface area contributed by atoms with Crippen LogP contribution in [-0.4, -0.2) is 34.0 Å². The smallest absolute Gasteiger partial charge is 0.306 e. The third-order valence-electron chi connectivity index (χ3n) is 4.60. The number of hydrogen-bond acceptors (Lipinski definition) is 3. The molecule has 1 fully saturated rings. The van der Waals surface area contributed by atoms with Crippen molar-refractivity contribution in [1.82, 2.24) is 9.88 Å². The normalized spacial score (nSPS) is 17.6. The Morgan fingerprint density at radius 2 is 1.96 bits per heavy atom. The molecular weight excluding hydrogens is 368 g/mol. The minimum Gasteiger partial charge on any atom is -0.481 e. The molecule has 126 valence electrons. The van der Waals surface area contributed by atoms with Crippen molar-refractivity contribution in [2.45, 2.75) is 25.8 Å². The summed E-state index contributed by atoms with van der Waals surface area (Å²) in [5.41, 5.74) is 3.19. The van der Waals surface area contributed by atoms with E-state index in [0.717, 1.165) is 29.0 Å². The van der Waals surface area contributed by atoms with Crippen LogP contribution in [0.5, 0.6) is 0 Å². The minimum absolute atomic E-state index is 0.0529. The lowest BCUT2D eigenvalue weighted by molar-refractivity contribution is -0.143. The number of carboxylic acid groups (broad SMARTS) is 1. The molecule has 1 aliphatic rings. The maximum Gasteiger partial charge on any atom is 0.306 e. The molecule has 24 heavy (non-hydrogen) atoms. The van der Waals surface area contributed by atoms with Gasteiger partial charge in [0.2, 0.25) is 0 Å². The first-order valence-corrected chi connectivity index (χ1v) is 9.00. The molecule has 1 aliphatic heterocycles. The van der Waals surface area contributed by atoms with Gasteiger partial charge in [-0.15, -0.1) is 0 Å². The molecule has 1 aromatic carbocycles. The highest BCUT2D eigenvalue weighted by Crippen LogP contribution is 2.32. The van der Waals surface area contributed by atoms with Crippen molar-refractivity contribution in [2.75, 3.05) is 13.1 Å². The average molecular weight is 389 g/mol. The van der Waals surface area contributed by atoms with Crippen molar-refractivity contribution < 1.29 is 9.90 Å². The number of aromatic nitrogens is 1. The van der Waals surface area contributed by atoms with Gasteiger partial charge >= 0.3 is 5.97 Å². The van der Waals surface area contributed by atoms with E-state index >= 15 is 0 Å². The van der Waals surface area contributed by atoms with Gasteiger partial charge in [0.05, 0.1) is 17.7 Å². The zero-order valence-electron chi connectivity index (χ0n) is 13.7. The Hall–Kier alpha value is -1.72. The second kappa shape index (κ2) is 7.45. The average Bonchev–Trinajstić information content (AvgIpc) is 2.56. The number of aliphatic carboxylic acids is 1. The van der Waals surface area contributed by atoms with E-state index < -0.39 is 5.97 Å². The number of likely N-dealkylation sites (tertiary alicyclic amines) is 1. The molecule has 0 spiro atoms. The molecule has 5 heteroatoms. The van der Waals surface area contributed by atoms with Crippen molar-refractivity contribution in [3.05, 3.63) is 63.9 Å². The Balaban J connectivity index is 1.93. The Kier molecular flexibility index (Phi) is 5.31. The summed E-state index contributed by atoms with van der Waals surface area (Å²) >= 11 is 3.55. The van der Waals surface area contributed by atoms with E-state index in [1.54, 1.807) is 0 Å². The number of rotatable bonds is 4. The molecule has 1 aromatic heterocycles. The SMILES string of the molecule is Cc1cccc(C(c2cccc(Br)c2)N2CCC(C(=O)O)CC2)n1. The Bertz CT molecular complexity index is 681. The zero-order valence-corrected chi connectivity index (χ0v) is 15.2. The standard InChI is InChI=1S/C19H21BrN2O2/c1-13-4-2-7-17(21-13)18(15-5-3-6-16(20)12-15)22-10-8-14(9-11-22)19(23)24/h2-7,12,14,18H,8-11H2,1H3,(H,23,24). The van der Waals surface area contributed by atoms with Crippen LogP contribution in [-0.2, 0) is 4.79 Å². The molecule has 3 rings (SSSR count). The summed E-state index contributed by atoms with van der Waals surface area (Å²) in [6.07, 6.45) is 1.37. The molecule has 1 saturated heterocycles. The predicted octanol–water partition coefficient (Wildman–Crippen LogP) is 4.04. The summed E-state index contributed by atoms with van der Waals surface area (Å²) in [6.45, 7) is 3.53. The summed E-state index contributed by atoms with van der Waals surface area (Å²) in [6, 6.07) is 14.4. The minimum atomic E-state index is -0.678. The van der Waals surface area contributed by atoms with Gasteiger partial charge in [-0.3, -0.25) is 14.7 Å². The Morgan fingerprint density at radius 1 is 1.25 bits per heavy atom. The molecule has 2 aromatic rings. The quantitative estimate of drug-likeness (QED) is 0.858. The maximum atomic E-state index is 11.2. The van der Waals surface area contributed by atoms with E-state index in [1.807, 2.05) is 31.2 Å². The lowest BCUT2D eigenvalue weighted by Gasteiger charge is -2.36. The molecule has 1 N–H and O–H groups in total. The monoisotopic (exact) mass is 388 g/mol. The molecule has 0 bridgehead atoms. The molecule has 0 radical (unpaired) electrons. The van der Waals surface area contributed by atoms with Crippen LogP contribution in [0.15, 0.2) is 46.9 Å². The maximum absolute atomic E-state index is 11.2. The zero-order chi connectivity index (χ0) is 17.1. The fraction of sp³-hybridized carbons (Fsp3) is 0.368. The summed E-state index contributed by atoms with van der Waals surface area (Å²) in [4.78, 5) is 18.3. The molecule has 1 atom stereocenters. The molecule has 0 amide bonds. The van der Waals surface area contributed by atoms with Crippen LogP contribution in [0.4, 0.5) is 0 Å². The van der Waals surface area contributed by atoms with Gasteiger partial charge in [0.25, 0.3) is 0 Å². The van der Waals surface area contributed by atoms with Crippen molar-refractivity contribution in [3.8, 4) is 0 Å². The van der Waals surface area contributed by atoms with Crippen molar-refractivity contribution in [2.24, 2.45) is 5.92 Å². The van der Waals surface area contributed by atoms with Crippen LogP contribution < -0.4 is 0 Å². The van der Waals surface area contributed by atoms with Gasteiger partial charge in [0, 0.05) is 10.2 Å². The fourth-order valence-corrected chi connectivity index (χ4v) is 3.78. The largest absolute Gasteiger partial charge is 0.481 e. The molecule has 0 saturated carbocycles. The van der Waals surface area contributed by atoms with Crippen LogP contribution in [0.1, 0.15) is 35.8 Å². The summed E-state index contributed by atoms with van der Waals surface area (Å²) < 4.78 is 1.04. The summed E-state index contributed by atoms with van der Waals surface area (Å²) in [5, 5.41) is 9.23. The number of aryl methyl sites for hydroxylation is 1. The first-order valence-electron chi connectivity index (χ1n) is 8.20. The van der Waals surface area contributed by atoms with E-state index in [1.165, 1.54) is 5.56 Å². The first kappa shape index (κ1) is 17.1. The van der Waals surface area contributed by atoms with Gasteiger partial charge in [-0.1, -0.05) is 34.1 Å². The van der Waals surface area contributed by atoms with Gasteiger partial charge in [-0.2, -0.15) is 0 Å². The van der Waals surface area contributed by atoms with E-state index in [4.69, 9.17) is 4.98 Å². The van der Waals surface area contributed by atoms with Gasteiger partial charge in [-0.05, 0) is 62.7 Å². The molecule has 2 heterocycles. The van der Waals surface area contributed by atoms with Gasteiger partial charge in [0.1, 0.15) is 0 Å². The number of hydrogen-bond donors (Lipinski definition) is 1. The third kappa shape index (κ3) is 3.84. The molecule has 4 nitrogen and oxygen atoms in total. The summed E-state index contributed by atoms with van der Waals surface area (Å²) in [5.74, 6) is -0.905. The third-order valence-corrected chi connectivity index (χ3v) is 5.09. The Morgan fingerprint density at radius 3 is 2.58 bits per heavy atom. The summed E-state index contributed by atoms with van der Waals surface area (Å²) in [7, 11) is 0. The van der Waals surface area contributed by atoms with Crippen molar-refractivity contribution >= 4 is 21.9 Å². The van der Waals surface area contributed by atoms with E-state index in [-0.39, 0.29) is 12.0 Å². The number of benzene rings is 1. The number of nitrogens with zero attached hydrogens (tertiary/aromatic N) is 2. The number of piperidine rings is 1. The highest BCUT2D eigenvalue weighted by Gasteiger charge is 2.30. The topological polar surface area (TPSA) is 53.4 Å². The highest BCUT2D eigenvalue weighted by atomic mass is 79.9. The van der Waals surface area contributed by atoms with Gasteiger partial charge in [-0.25, -0.2) is 0 Å². The fourth-order valence-electron chi connectivity index (χ4n) is 3.37. The second-order valence-corrected chi connectivity index (χ2v) is 7.23. The highest BCUT2D eigenvalue weighted by molar-refractivity contribution is 9.10.